The molecule has 1 saturated carbocycles. The van der Waals surface area contributed by atoms with Crippen LogP contribution in [-0.2, 0) is 0 Å². The SMILES string of the molecule is CC1CC(NC(=O)c2ccn(C3CCCNC3)n2)CN1C1CC1.Cl.Cl. The van der Waals surface area contributed by atoms with E-state index in [0.29, 0.717) is 17.8 Å². The number of hydrogen-bond acceptors (Lipinski definition) is 4. The van der Waals surface area contributed by atoms with E-state index in [2.05, 4.69) is 27.6 Å². The van der Waals surface area contributed by atoms with Gasteiger partial charge in [0.1, 0.15) is 5.69 Å². The molecule has 6 nitrogen and oxygen atoms in total. The van der Waals surface area contributed by atoms with Crippen molar-refractivity contribution in [2.24, 2.45) is 0 Å². The highest BCUT2D eigenvalue weighted by Gasteiger charge is 2.39. The van der Waals surface area contributed by atoms with Gasteiger partial charge in [0.25, 0.3) is 5.91 Å². The van der Waals surface area contributed by atoms with Crippen LogP contribution in [0.5, 0.6) is 0 Å². The summed E-state index contributed by atoms with van der Waals surface area (Å²) in [6.07, 6.45) is 7.95. The Kier molecular flexibility index (Phi) is 7.14. The monoisotopic (exact) mass is 389 g/mol. The first kappa shape index (κ1) is 20.5. The van der Waals surface area contributed by atoms with Gasteiger partial charge in [-0.1, -0.05) is 0 Å². The summed E-state index contributed by atoms with van der Waals surface area (Å²) in [6.45, 7) is 5.29. The summed E-state index contributed by atoms with van der Waals surface area (Å²) in [5.41, 5.74) is 0.549. The molecule has 0 radical (unpaired) electrons. The number of piperidine rings is 1. The molecule has 25 heavy (non-hydrogen) atoms. The van der Waals surface area contributed by atoms with E-state index in [-0.39, 0.29) is 36.8 Å². The number of amides is 1. The molecule has 1 aromatic heterocycles. The molecule has 3 unspecified atom stereocenters. The molecule has 2 saturated heterocycles. The van der Waals surface area contributed by atoms with E-state index >= 15 is 0 Å². The molecule has 3 atom stereocenters. The minimum Gasteiger partial charge on any atom is -0.347 e. The Morgan fingerprint density at radius 1 is 1.28 bits per heavy atom. The molecule has 3 fully saturated rings. The largest absolute Gasteiger partial charge is 0.347 e. The van der Waals surface area contributed by atoms with Crippen LogP contribution in [0.2, 0.25) is 0 Å². The van der Waals surface area contributed by atoms with Gasteiger partial charge in [-0.05, 0) is 51.6 Å². The molecule has 3 heterocycles. The van der Waals surface area contributed by atoms with E-state index in [1.54, 1.807) is 0 Å². The Balaban J connectivity index is 0.00000113. The smallest absolute Gasteiger partial charge is 0.272 e. The molecular formula is C17H29Cl2N5O. The number of carbonyl (C=O) groups excluding carboxylic acids is 1. The first-order valence-corrected chi connectivity index (χ1v) is 9.03. The van der Waals surface area contributed by atoms with Gasteiger partial charge in [0.15, 0.2) is 0 Å². The van der Waals surface area contributed by atoms with Crippen LogP contribution < -0.4 is 10.6 Å². The van der Waals surface area contributed by atoms with Gasteiger partial charge in [0.05, 0.1) is 6.04 Å². The van der Waals surface area contributed by atoms with E-state index in [4.69, 9.17) is 0 Å². The molecule has 0 aromatic carbocycles. The molecule has 8 heteroatoms. The average Bonchev–Trinajstić information content (AvgIpc) is 3.16. The van der Waals surface area contributed by atoms with Gasteiger partial charge in [-0.2, -0.15) is 5.10 Å². The second-order valence-electron chi connectivity index (χ2n) is 7.36. The Hall–Kier alpha value is -0.820. The van der Waals surface area contributed by atoms with Crippen molar-refractivity contribution in [3.05, 3.63) is 18.0 Å². The zero-order valence-corrected chi connectivity index (χ0v) is 16.3. The Labute approximate surface area is 161 Å². The van der Waals surface area contributed by atoms with Crippen LogP contribution in [0.3, 0.4) is 0 Å². The highest BCUT2D eigenvalue weighted by Crippen LogP contribution is 2.33. The molecule has 4 rings (SSSR count). The Bertz CT molecular complexity index is 571. The number of hydrogen-bond donors (Lipinski definition) is 2. The van der Waals surface area contributed by atoms with E-state index in [9.17, 15) is 4.79 Å². The quantitative estimate of drug-likeness (QED) is 0.826. The van der Waals surface area contributed by atoms with Crippen molar-refractivity contribution in [3.8, 4) is 0 Å². The topological polar surface area (TPSA) is 62.2 Å². The summed E-state index contributed by atoms with van der Waals surface area (Å²) in [5.74, 6) is -0.0256. The lowest BCUT2D eigenvalue weighted by atomic mass is 10.1. The van der Waals surface area contributed by atoms with Gasteiger partial charge < -0.3 is 10.6 Å². The van der Waals surface area contributed by atoms with Gasteiger partial charge in [0, 0.05) is 37.4 Å². The fraction of sp³-hybridized carbons (Fsp3) is 0.765. The highest BCUT2D eigenvalue weighted by molar-refractivity contribution is 5.92. The lowest BCUT2D eigenvalue weighted by Crippen LogP contribution is -2.38. The number of likely N-dealkylation sites (tertiary alicyclic amines) is 1. The maximum Gasteiger partial charge on any atom is 0.272 e. The highest BCUT2D eigenvalue weighted by atomic mass is 35.5. The van der Waals surface area contributed by atoms with Crippen LogP contribution in [0.15, 0.2) is 12.3 Å². The van der Waals surface area contributed by atoms with Gasteiger partial charge in [-0.15, -0.1) is 24.8 Å². The van der Waals surface area contributed by atoms with E-state index in [1.165, 1.54) is 19.3 Å². The third kappa shape index (κ3) is 4.67. The van der Waals surface area contributed by atoms with Crippen LogP contribution in [0.1, 0.15) is 55.6 Å². The summed E-state index contributed by atoms with van der Waals surface area (Å²) < 4.78 is 1.95. The third-order valence-electron chi connectivity index (χ3n) is 5.46. The number of carbonyl (C=O) groups is 1. The van der Waals surface area contributed by atoms with Crippen molar-refractivity contribution >= 4 is 30.7 Å². The van der Waals surface area contributed by atoms with Crippen molar-refractivity contribution in [1.29, 1.82) is 0 Å². The summed E-state index contributed by atoms with van der Waals surface area (Å²) in [5, 5.41) is 11.1. The standard InChI is InChI=1S/C17H27N5O.2ClH/c1-12-9-13(11-21(12)14-4-5-14)19-17(23)16-6-8-22(20-16)15-3-2-7-18-10-15;;/h6,8,12-15,18H,2-5,7,9-11H2,1H3,(H,19,23);2*1H. The van der Waals surface area contributed by atoms with Crippen LogP contribution in [0.25, 0.3) is 0 Å². The zero-order chi connectivity index (χ0) is 15.8. The Morgan fingerprint density at radius 3 is 2.76 bits per heavy atom. The summed E-state index contributed by atoms with van der Waals surface area (Å²) in [6, 6.07) is 3.84. The van der Waals surface area contributed by atoms with Crippen molar-refractivity contribution in [2.45, 2.75) is 63.2 Å². The molecule has 1 aromatic rings. The number of aromatic nitrogens is 2. The fourth-order valence-corrected chi connectivity index (χ4v) is 4.06. The molecular weight excluding hydrogens is 361 g/mol. The van der Waals surface area contributed by atoms with Crippen molar-refractivity contribution < 1.29 is 4.79 Å². The molecule has 0 spiro atoms. The molecule has 0 bridgehead atoms. The number of rotatable bonds is 4. The first-order valence-electron chi connectivity index (χ1n) is 9.03. The summed E-state index contributed by atoms with van der Waals surface area (Å²) in [4.78, 5) is 15.0. The van der Waals surface area contributed by atoms with Crippen LogP contribution >= 0.6 is 24.8 Å². The van der Waals surface area contributed by atoms with Gasteiger partial charge >= 0.3 is 0 Å². The van der Waals surface area contributed by atoms with Crippen molar-refractivity contribution in [1.82, 2.24) is 25.3 Å². The molecule has 2 N–H and O–H groups in total. The van der Waals surface area contributed by atoms with Gasteiger partial charge in [-0.3, -0.25) is 14.4 Å². The first-order chi connectivity index (χ1) is 11.2. The Morgan fingerprint density at radius 2 is 2.08 bits per heavy atom. The molecule has 1 aliphatic carbocycles. The lowest BCUT2D eigenvalue weighted by Gasteiger charge is -2.22. The normalized spacial score (nSPS) is 29.6. The average molecular weight is 390 g/mol. The predicted molar refractivity (Wildman–Crippen MR) is 103 cm³/mol. The van der Waals surface area contributed by atoms with Crippen molar-refractivity contribution in [2.75, 3.05) is 19.6 Å². The van der Waals surface area contributed by atoms with E-state index < -0.39 is 0 Å². The second kappa shape index (κ2) is 8.71. The van der Waals surface area contributed by atoms with Crippen LogP contribution in [0.4, 0.5) is 0 Å². The number of nitrogens with zero attached hydrogens (tertiary/aromatic N) is 3. The van der Waals surface area contributed by atoms with Gasteiger partial charge in [-0.25, -0.2) is 0 Å². The minimum atomic E-state index is -0.0256. The molecule has 3 aliphatic rings. The van der Waals surface area contributed by atoms with E-state index in [1.807, 2.05) is 16.9 Å². The minimum absolute atomic E-state index is 0. The van der Waals surface area contributed by atoms with E-state index in [0.717, 1.165) is 38.5 Å². The number of nitrogens with one attached hydrogen (secondary N) is 2. The fourth-order valence-electron chi connectivity index (χ4n) is 4.06. The maximum absolute atomic E-state index is 12.5. The van der Waals surface area contributed by atoms with Crippen molar-refractivity contribution in [3.63, 3.8) is 0 Å². The molecule has 2 aliphatic heterocycles. The predicted octanol–water partition coefficient (Wildman–Crippen LogP) is 2.01. The summed E-state index contributed by atoms with van der Waals surface area (Å²) >= 11 is 0. The maximum atomic E-state index is 12.5. The lowest BCUT2D eigenvalue weighted by molar-refractivity contribution is 0.0931. The number of halogens is 2. The van der Waals surface area contributed by atoms with Gasteiger partial charge in [0.2, 0.25) is 0 Å². The third-order valence-corrected chi connectivity index (χ3v) is 5.46. The zero-order valence-electron chi connectivity index (χ0n) is 14.7. The summed E-state index contributed by atoms with van der Waals surface area (Å²) in [7, 11) is 0. The van der Waals surface area contributed by atoms with Crippen LogP contribution in [0, 0.1) is 0 Å². The molecule has 142 valence electrons. The van der Waals surface area contributed by atoms with Crippen LogP contribution in [-0.4, -0.2) is 58.3 Å². The second-order valence-corrected chi connectivity index (χ2v) is 7.36. The molecule has 1 amide bonds.